The molecular weight excluding hydrogens is 259 g/mol. The third-order valence-corrected chi connectivity index (χ3v) is 3.19. The summed E-state index contributed by atoms with van der Waals surface area (Å²) in [6.45, 7) is 2.27. The molecule has 1 aromatic carbocycles. The quantitative estimate of drug-likeness (QED) is 0.914. The summed E-state index contributed by atoms with van der Waals surface area (Å²) in [5.74, 6) is -1.36. The first-order valence-corrected chi connectivity index (χ1v) is 6.05. The molecule has 0 bridgehead atoms. The Bertz CT molecular complexity index is 495. The fourth-order valence-electron chi connectivity index (χ4n) is 2.16. The van der Waals surface area contributed by atoms with Crippen LogP contribution in [0.4, 0.5) is 18.9 Å². The van der Waals surface area contributed by atoms with Crippen LogP contribution in [0.25, 0.3) is 0 Å². The van der Waals surface area contributed by atoms with Crippen molar-refractivity contribution in [1.29, 1.82) is 0 Å². The minimum absolute atomic E-state index is 0.0718. The smallest absolute Gasteiger partial charge is 0.418 e. The summed E-state index contributed by atoms with van der Waals surface area (Å²) in [4.78, 5) is 12.5. The van der Waals surface area contributed by atoms with Crippen molar-refractivity contribution < 1.29 is 23.1 Å². The van der Waals surface area contributed by atoms with Crippen LogP contribution in [0.5, 0.6) is 0 Å². The zero-order valence-corrected chi connectivity index (χ0v) is 10.4. The van der Waals surface area contributed by atoms with Gasteiger partial charge in [-0.05, 0) is 38.0 Å². The number of rotatable bonds is 4. The number of benzene rings is 1. The van der Waals surface area contributed by atoms with Crippen LogP contribution in [-0.2, 0) is 6.18 Å². The molecule has 1 aromatic rings. The maximum Gasteiger partial charge on any atom is 0.418 e. The molecule has 0 unspecified atom stereocenters. The number of hydrogen-bond acceptors (Lipinski definition) is 2. The molecule has 1 fully saturated rings. The van der Waals surface area contributed by atoms with Crippen molar-refractivity contribution in [3.63, 3.8) is 0 Å². The van der Waals surface area contributed by atoms with Gasteiger partial charge in [0.1, 0.15) is 0 Å². The Morgan fingerprint density at radius 3 is 2.47 bits per heavy atom. The van der Waals surface area contributed by atoms with Gasteiger partial charge in [0.15, 0.2) is 0 Å². The van der Waals surface area contributed by atoms with E-state index in [0.717, 1.165) is 12.8 Å². The Balaban J connectivity index is 2.50. The Kier molecular flexibility index (Phi) is 3.43. The van der Waals surface area contributed by atoms with E-state index in [9.17, 15) is 18.0 Å². The fraction of sp³-hybridized carbons (Fsp3) is 0.462. The molecule has 1 aliphatic carbocycles. The van der Waals surface area contributed by atoms with Crippen molar-refractivity contribution in [2.75, 3.05) is 11.4 Å². The van der Waals surface area contributed by atoms with E-state index in [1.807, 2.05) is 0 Å². The molecule has 0 aromatic heterocycles. The lowest BCUT2D eigenvalue weighted by Crippen LogP contribution is -2.28. The minimum atomic E-state index is -4.55. The number of halogens is 3. The van der Waals surface area contributed by atoms with Crippen LogP contribution in [0.2, 0.25) is 0 Å². The number of hydrogen-bond donors (Lipinski definition) is 1. The van der Waals surface area contributed by atoms with Crippen LogP contribution in [0, 0.1) is 0 Å². The van der Waals surface area contributed by atoms with Gasteiger partial charge in [-0.2, -0.15) is 13.2 Å². The van der Waals surface area contributed by atoms with Gasteiger partial charge in [-0.15, -0.1) is 0 Å². The van der Waals surface area contributed by atoms with Crippen LogP contribution >= 0.6 is 0 Å². The summed E-state index contributed by atoms with van der Waals surface area (Å²) in [5, 5.41) is 8.80. The lowest BCUT2D eigenvalue weighted by atomic mass is 10.1. The number of carboxylic acids is 1. The molecule has 0 radical (unpaired) electrons. The summed E-state index contributed by atoms with van der Waals surface area (Å²) in [7, 11) is 0. The van der Waals surface area contributed by atoms with Gasteiger partial charge < -0.3 is 10.0 Å². The molecule has 0 amide bonds. The summed E-state index contributed by atoms with van der Waals surface area (Å²) in [6, 6.07) is 3.33. The van der Waals surface area contributed by atoms with E-state index in [0.29, 0.717) is 12.6 Å². The maximum absolute atomic E-state index is 13.1. The zero-order valence-electron chi connectivity index (χ0n) is 10.4. The van der Waals surface area contributed by atoms with E-state index in [1.165, 1.54) is 12.1 Å². The standard InChI is InChI=1S/C13H14F3NO2/c1-2-17(9-4-5-9)11-6-3-8(12(18)19)7-10(11)13(14,15)16/h3,6-7,9H,2,4-5H2,1H3,(H,18,19). The van der Waals surface area contributed by atoms with Gasteiger partial charge in [-0.1, -0.05) is 0 Å². The highest BCUT2D eigenvalue weighted by atomic mass is 19.4. The number of carboxylic acid groups (broad SMARTS) is 1. The number of aromatic carboxylic acids is 1. The Labute approximate surface area is 108 Å². The fourth-order valence-corrected chi connectivity index (χ4v) is 2.16. The predicted octanol–water partition coefficient (Wildman–Crippen LogP) is 3.39. The molecule has 2 rings (SSSR count). The van der Waals surface area contributed by atoms with Crippen LogP contribution in [0.1, 0.15) is 35.7 Å². The molecule has 0 atom stereocenters. The van der Waals surface area contributed by atoms with Gasteiger partial charge in [0, 0.05) is 18.3 Å². The van der Waals surface area contributed by atoms with E-state index in [4.69, 9.17) is 5.11 Å². The normalized spacial score (nSPS) is 15.4. The maximum atomic E-state index is 13.1. The second kappa shape index (κ2) is 4.75. The molecule has 3 nitrogen and oxygen atoms in total. The van der Waals surface area contributed by atoms with Gasteiger partial charge in [0.2, 0.25) is 0 Å². The molecule has 1 aliphatic rings. The zero-order chi connectivity index (χ0) is 14.2. The van der Waals surface area contributed by atoms with Gasteiger partial charge in [0.05, 0.1) is 11.1 Å². The molecule has 19 heavy (non-hydrogen) atoms. The van der Waals surface area contributed by atoms with Gasteiger partial charge in [-0.25, -0.2) is 4.79 Å². The second-order valence-corrected chi connectivity index (χ2v) is 4.55. The first kappa shape index (κ1) is 13.7. The van der Waals surface area contributed by atoms with Crippen molar-refractivity contribution in [3.05, 3.63) is 29.3 Å². The molecule has 6 heteroatoms. The van der Waals surface area contributed by atoms with Crippen molar-refractivity contribution in [3.8, 4) is 0 Å². The van der Waals surface area contributed by atoms with Crippen molar-refractivity contribution in [1.82, 2.24) is 0 Å². The molecule has 1 saturated carbocycles. The second-order valence-electron chi connectivity index (χ2n) is 4.55. The Morgan fingerprint density at radius 2 is 2.05 bits per heavy atom. The number of nitrogens with zero attached hydrogens (tertiary/aromatic N) is 1. The predicted molar refractivity (Wildman–Crippen MR) is 64.4 cm³/mol. The van der Waals surface area contributed by atoms with Crippen LogP contribution in [-0.4, -0.2) is 23.7 Å². The topological polar surface area (TPSA) is 40.5 Å². The molecule has 0 heterocycles. The molecule has 1 N–H and O–H groups in total. The van der Waals surface area contributed by atoms with Crippen molar-refractivity contribution in [2.24, 2.45) is 0 Å². The summed E-state index contributed by atoms with van der Waals surface area (Å²) < 4.78 is 39.2. The Morgan fingerprint density at radius 1 is 1.42 bits per heavy atom. The van der Waals surface area contributed by atoms with Crippen LogP contribution < -0.4 is 4.90 Å². The van der Waals surface area contributed by atoms with Gasteiger partial charge in [-0.3, -0.25) is 0 Å². The molecule has 104 valence electrons. The first-order chi connectivity index (χ1) is 8.84. The van der Waals surface area contributed by atoms with E-state index in [2.05, 4.69) is 0 Å². The number of anilines is 1. The summed E-state index contributed by atoms with van der Waals surface area (Å²) >= 11 is 0. The van der Waals surface area contributed by atoms with Crippen molar-refractivity contribution >= 4 is 11.7 Å². The lowest BCUT2D eigenvalue weighted by Gasteiger charge is -2.26. The number of carbonyl (C=O) groups is 1. The number of alkyl halides is 3. The molecule has 0 spiro atoms. The molecular formula is C13H14F3NO2. The third-order valence-electron chi connectivity index (χ3n) is 3.19. The third kappa shape index (κ3) is 2.83. The summed E-state index contributed by atoms with van der Waals surface area (Å²) in [5.41, 5.74) is -1.15. The SMILES string of the molecule is CCN(c1ccc(C(=O)O)cc1C(F)(F)F)C1CC1. The van der Waals surface area contributed by atoms with Crippen molar-refractivity contribution in [2.45, 2.75) is 32.0 Å². The van der Waals surface area contributed by atoms with Gasteiger partial charge >= 0.3 is 12.1 Å². The average molecular weight is 273 g/mol. The van der Waals surface area contributed by atoms with Crippen LogP contribution in [0.3, 0.4) is 0 Å². The highest BCUT2D eigenvalue weighted by Gasteiger charge is 2.38. The van der Waals surface area contributed by atoms with E-state index < -0.39 is 17.7 Å². The summed E-state index contributed by atoms with van der Waals surface area (Å²) in [6.07, 6.45) is -2.79. The molecule has 0 aliphatic heterocycles. The molecule has 0 saturated heterocycles. The van der Waals surface area contributed by atoms with E-state index >= 15 is 0 Å². The monoisotopic (exact) mass is 273 g/mol. The van der Waals surface area contributed by atoms with E-state index in [1.54, 1.807) is 11.8 Å². The first-order valence-electron chi connectivity index (χ1n) is 6.05. The average Bonchev–Trinajstić information content (AvgIpc) is 3.13. The van der Waals surface area contributed by atoms with Crippen LogP contribution in [0.15, 0.2) is 18.2 Å². The lowest BCUT2D eigenvalue weighted by molar-refractivity contribution is -0.137. The largest absolute Gasteiger partial charge is 0.478 e. The van der Waals surface area contributed by atoms with Gasteiger partial charge in [0.25, 0.3) is 0 Å². The van der Waals surface area contributed by atoms with E-state index in [-0.39, 0.29) is 17.3 Å². The highest BCUT2D eigenvalue weighted by molar-refractivity contribution is 5.88. The Hall–Kier alpha value is -1.72. The minimum Gasteiger partial charge on any atom is -0.478 e. The highest BCUT2D eigenvalue weighted by Crippen LogP contribution is 2.41.